The first-order valence-electron chi connectivity index (χ1n) is 5.06. The monoisotopic (exact) mass is 319 g/mol. The SMILES string of the molecule is COC(=O)Cc1cnc(C(F)(F)F)c(O)c1OC(F)(F)F. The number of pyridine rings is 1. The average molecular weight is 319 g/mol. The lowest BCUT2D eigenvalue weighted by Gasteiger charge is -2.16. The van der Waals surface area contributed by atoms with E-state index in [0.29, 0.717) is 6.20 Å². The van der Waals surface area contributed by atoms with Crippen LogP contribution >= 0.6 is 0 Å². The van der Waals surface area contributed by atoms with Gasteiger partial charge >= 0.3 is 18.5 Å². The molecule has 21 heavy (non-hydrogen) atoms. The topological polar surface area (TPSA) is 68.7 Å². The second-order valence-corrected chi connectivity index (χ2v) is 3.61. The number of aromatic hydroxyl groups is 1. The van der Waals surface area contributed by atoms with Crippen LogP contribution in [-0.2, 0) is 22.1 Å². The highest BCUT2D eigenvalue weighted by Crippen LogP contribution is 2.43. The van der Waals surface area contributed by atoms with Crippen molar-refractivity contribution in [3.05, 3.63) is 17.5 Å². The average Bonchev–Trinajstić information content (AvgIpc) is 2.30. The number of carbonyl (C=O) groups excluding carboxylic acids is 1. The molecule has 1 rings (SSSR count). The molecule has 0 aliphatic carbocycles. The smallest absolute Gasteiger partial charge is 0.503 e. The number of alkyl halides is 6. The van der Waals surface area contributed by atoms with Crippen LogP contribution in [0.1, 0.15) is 11.3 Å². The first-order chi connectivity index (χ1) is 9.45. The van der Waals surface area contributed by atoms with Gasteiger partial charge in [0.1, 0.15) is 0 Å². The van der Waals surface area contributed by atoms with Crippen LogP contribution in [0.4, 0.5) is 26.3 Å². The van der Waals surface area contributed by atoms with Gasteiger partial charge in [0, 0.05) is 11.8 Å². The van der Waals surface area contributed by atoms with E-state index in [1.165, 1.54) is 0 Å². The molecule has 0 atom stereocenters. The maximum Gasteiger partial charge on any atom is 0.573 e. The number of hydrogen-bond donors (Lipinski definition) is 1. The Balaban J connectivity index is 3.38. The Morgan fingerprint density at radius 3 is 2.29 bits per heavy atom. The van der Waals surface area contributed by atoms with Gasteiger partial charge in [0.05, 0.1) is 13.5 Å². The Morgan fingerprint density at radius 1 is 1.29 bits per heavy atom. The van der Waals surface area contributed by atoms with Crippen LogP contribution in [0.25, 0.3) is 0 Å². The number of esters is 1. The predicted octanol–water partition coefficient (Wildman–Crippen LogP) is 2.42. The molecule has 1 aromatic heterocycles. The zero-order valence-corrected chi connectivity index (χ0v) is 10.2. The highest BCUT2D eigenvalue weighted by molar-refractivity contribution is 5.74. The van der Waals surface area contributed by atoms with Gasteiger partial charge in [-0.3, -0.25) is 4.79 Å². The molecular formula is C10H7F6NO4. The minimum absolute atomic E-state index is 0.348. The number of rotatable bonds is 3. The largest absolute Gasteiger partial charge is 0.573 e. The molecule has 0 aromatic carbocycles. The third-order valence-corrected chi connectivity index (χ3v) is 2.13. The minimum atomic E-state index is -5.37. The predicted molar refractivity (Wildman–Crippen MR) is 53.3 cm³/mol. The molecule has 0 saturated heterocycles. The Bertz CT molecular complexity index is 540. The van der Waals surface area contributed by atoms with Crippen molar-refractivity contribution in [3.63, 3.8) is 0 Å². The lowest BCUT2D eigenvalue weighted by atomic mass is 10.1. The first-order valence-corrected chi connectivity index (χ1v) is 5.06. The Morgan fingerprint density at radius 2 is 1.86 bits per heavy atom. The number of methoxy groups -OCH3 is 1. The molecule has 1 aromatic rings. The van der Waals surface area contributed by atoms with E-state index in [1.807, 2.05) is 0 Å². The standard InChI is InChI=1S/C10H7F6NO4/c1-20-5(18)2-4-3-17-8(9(11,12)13)6(19)7(4)21-10(14,15)16/h3,19H,2H2,1H3. The fraction of sp³-hybridized carbons (Fsp3) is 0.400. The number of nitrogens with zero attached hydrogens (tertiary/aromatic N) is 1. The fourth-order valence-corrected chi connectivity index (χ4v) is 1.31. The van der Waals surface area contributed by atoms with Crippen molar-refractivity contribution in [3.8, 4) is 11.5 Å². The van der Waals surface area contributed by atoms with Crippen molar-refractivity contribution in [2.24, 2.45) is 0 Å². The summed E-state index contributed by atoms with van der Waals surface area (Å²) in [6.45, 7) is 0. The van der Waals surface area contributed by atoms with Gasteiger partial charge in [0.2, 0.25) is 0 Å². The molecule has 5 nitrogen and oxygen atoms in total. The maximum absolute atomic E-state index is 12.5. The van der Waals surface area contributed by atoms with Gasteiger partial charge in [0.15, 0.2) is 17.2 Å². The maximum atomic E-state index is 12.5. The number of halogens is 6. The molecule has 0 amide bonds. The summed E-state index contributed by atoms with van der Waals surface area (Å²) in [6, 6.07) is 0. The van der Waals surface area contributed by atoms with Crippen molar-refractivity contribution in [2.45, 2.75) is 19.0 Å². The molecule has 0 bridgehead atoms. The van der Waals surface area contributed by atoms with Crippen LogP contribution in [0.5, 0.6) is 11.5 Å². The molecule has 0 unspecified atom stereocenters. The quantitative estimate of drug-likeness (QED) is 0.684. The second-order valence-electron chi connectivity index (χ2n) is 3.61. The zero-order valence-electron chi connectivity index (χ0n) is 10.2. The molecule has 11 heteroatoms. The summed E-state index contributed by atoms with van der Waals surface area (Å²) in [5.74, 6) is -4.46. The van der Waals surface area contributed by atoms with E-state index in [4.69, 9.17) is 0 Å². The van der Waals surface area contributed by atoms with Gasteiger partial charge < -0.3 is 14.6 Å². The van der Waals surface area contributed by atoms with E-state index in [1.54, 1.807) is 0 Å². The van der Waals surface area contributed by atoms with Crippen molar-refractivity contribution in [1.29, 1.82) is 0 Å². The van der Waals surface area contributed by atoms with Crippen molar-refractivity contribution in [2.75, 3.05) is 7.11 Å². The van der Waals surface area contributed by atoms with Crippen LogP contribution in [0, 0.1) is 0 Å². The summed E-state index contributed by atoms with van der Waals surface area (Å²) in [6.07, 6.45) is -11.1. The Hall–Kier alpha value is -2.20. The van der Waals surface area contributed by atoms with E-state index in [-0.39, 0.29) is 0 Å². The lowest BCUT2D eigenvalue weighted by molar-refractivity contribution is -0.275. The Kier molecular flexibility index (Phi) is 4.54. The minimum Gasteiger partial charge on any atom is -0.503 e. The van der Waals surface area contributed by atoms with Crippen LogP contribution in [0.2, 0.25) is 0 Å². The number of carbonyl (C=O) groups is 1. The van der Waals surface area contributed by atoms with Crippen molar-refractivity contribution >= 4 is 5.97 Å². The lowest BCUT2D eigenvalue weighted by Crippen LogP contribution is -2.20. The van der Waals surface area contributed by atoms with Gasteiger partial charge in [-0.1, -0.05) is 0 Å². The van der Waals surface area contributed by atoms with Gasteiger partial charge in [-0.2, -0.15) is 13.2 Å². The third kappa shape index (κ3) is 4.39. The van der Waals surface area contributed by atoms with E-state index in [2.05, 4.69) is 14.5 Å². The summed E-state index contributed by atoms with van der Waals surface area (Å²) < 4.78 is 81.5. The first kappa shape index (κ1) is 16.9. The summed E-state index contributed by atoms with van der Waals surface area (Å²) in [7, 11) is 0.921. The second kappa shape index (κ2) is 5.66. The fourth-order valence-electron chi connectivity index (χ4n) is 1.31. The molecule has 0 aliphatic rings. The molecule has 0 aliphatic heterocycles. The number of aromatic nitrogens is 1. The van der Waals surface area contributed by atoms with E-state index >= 15 is 0 Å². The molecule has 1 N–H and O–H groups in total. The van der Waals surface area contributed by atoms with E-state index in [0.717, 1.165) is 7.11 Å². The molecule has 1 heterocycles. The van der Waals surface area contributed by atoms with Crippen molar-refractivity contribution < 1.29 is 45.7 Å². The molecule has 0 spiro atoms. The number of hydrogen-bond acceptors (Lipinski definition) is 5. The summed E-state index contributed by atoms with van der Waals surface area (Å²) in [5.41, 5.74) is -2.67. The van der Waals surface area contributed by atoms with Gasteiger partial charge in [-0.15, -0.1) is 13.2 Å². The van der Waals surface area contributed by atoms with Gasteiger partial charge in [-0.05, 0) is 0 Å². The summed E-state index contributed by atoms with van der Waals surface area (Å²) >= 11 is 0. The third-order valence-electron chi connectivity index (χ3n) is 2.13. The van der Waals surface area contributed by atoms with Crippen LogP contribution in [0.3, 0.4) is 0 Å². The molecule has 118 valence electrons. The van der Waals surface area contributed by atoms with E-state index < -0.39 is 47.7 Å². The highest BCUT2D eigenvalue weighted by Gasteiger charge is 2.41. The highest BCUT2D eigenvalue weighted by atomic mass is 19.4. The summed E-state index contributed by atoms with van der Waals surface area (Å²) in [5, 5.41) is 9.29. The van der Waals surface area contributed by atoms with Gasteiger partial charge in [-0.25, -0.2) is 4.98 Å². The van der Waals surface area contributed by atoms with Gasteiger partial charge in [0.25, 0.3) is 0 Å². The normalized spacial score (nSPS) is 12.1. The number of ether oxygens (including phenoxy) is 2. The van der Waals surface area contributed by atoms with Crippen molar-refractivity contribution in [1.82, 2.24) is 4.98 Å². The van der Waals surface area contributed by atoms with Crippen LogP contribution in [-0.4, -0.2) is 29.5 Å². The van der Waals surface area contributed by atoms with E-state index in [9.17, 15) is 36.2 Å². The summed E-state index contributed by atoms with van der Waals surface area (Å²) in [4.78, 5) is 13.8. The molecule has 0 radical (unpaired) electrons. The molecular weight excluding hydrogens is 312 g/mol. The molecule has 0 fully saturated rings. The molecule has 0 saturated carbocycles. The Labute approximate surface area is 113 Å². The van der Waals surface area contributed by atoms with Crippen LogP contribution in [0.15, 0.2) is 6.20 Å². The zero-order chi connectivity index (χ0) is 16.4. The van der Waals surface area contributed by atoms with Crippen LogP contribution < -0.4 is 4.74 Å².